The van der Waals surface area contributed by atoms with Gasteiger partial charge in [-0.05, 0) is 48.2 Å². The summed E-state index contributed by atoms with van der Waals surface area (Å²) in [4.78, 5) is 15.6. The van der Waals surface area contributed by atoms with E-state index in [0.717, 1.165) is 24.2 Å². The minimum absolute atomic E-state index is 0.0815. The van der Waals surface area contributed by atoms with Crippen LogP contribution in [0.3, 0.4) is 0 Å². The standard InChI is InChI=1S/C22H19NO4/c1-25-22(24)17-8-12-21(23-14-17)26-18-9-11-20-16(13-18)7-10-19(27-20)15-5-3-2-4-6-15/h2-6,8-9,11-14,19H,7,10H2,1H3. The summed E-state index contributed by atoms with van der Waals surface area (Å²) in [6.45, 7) is 0. The molecule has 2 aromatic carbocycles. The zero-order valence-corrected chi connectivity index (χ0v) is 14.9. The highest BCUT2D eigenvalue weighted by Gasteiger charge is 2.21. The van der Waals surface area contributed by atoms with Crippen LogP contribution < -0.4 is 9.47 Å². The number of esters is 1. The summed E-state index contributed by atoms with van der Waals surface area (Å²) in [6, 6.07) is 19.3. The second-order valence-electron chi connectivity index (χ2n) is 6.30. The Hall–Kier alpha value is -3.34. The number of pyridine rings is 1. The smallest absolute Gasteiger partial charge is 0.339 e. The van der Waals surface area contributed by atoms with Gasteiger partial charge >= 0.3 is 5.97 Å². The van der Waals surface area contributed by atoms with Crippen LogP contribution in [0.5, 0.6) is 17.4 Å². The average molecular weight is 361 g/mol. The Morgan fingerprint density at radius 3 is 2.70 bits per heavy atom. The highest BCUT2D eigenvalue weighted by atomic mass is 16.5. The monoisotopic (exact) mass is 361 g/mol. The van der Waals surface area contributed by atoms with Crippen LogP contribution in [0.25, 0.3) is 0 Å². The molecule has 0 saturated heterocycles. The zero-order chi connectivity index (χ0) is 18.6. The third kappa shape index (κ3) is 3.77. The van der Waals surface area contributed by atoms with Gasteiger partial charge in [-0.1, -0.05) is 30.3 Å². The van der Waals surface area contributed by atoms with Gasteiger partial charge in [-0.15, -0.1) is 0 Å². The summed E-state index contributed by atoms with van der Waals surface area (Å²) >= 11 is 0. The molecule has 0 saturated carbocycles. The van der Waals surface area contributed by atoms with Crippen molar-refractivity contribution in [3.8, 4) is 17.4 Å². The molecule has 2 heterocycles. The zero-order valence-electron chi connectivity index (χ0n) is 14.9. The maximum atomic E-state index is 11.5. The Balaban J connectivity index is 1.47. The summed E-state index contributed by atoms with van der Waals surface area (Å²) in [6.07, 6.45) is 3.36. The summed E-state index contributed by atoms with van der Waals surface area (Å²) in [5, 5.41) is 0. The number of hydrogen-bond acceptors (Lipinski definition) is 5. The number of fused-ring (bicyclic) bond motifs is 1. The predicted molar refractivity (Wildman–Crippen MR) is 100 cm³/mol. The normalized spacial score (nSPS) is 15.4. The third-order valence-corrected chi connectivity index (χ3v) is 4.53. The first-order chi connectivity index (χ1) is 13.2. The molecule has 5 heteroatoms. The van der Waals surface area contributed by atoms with Gasteiger partial charge in [-0.2, -0.15) is 0 Å². The number of hydrogen-bond donors (Lipinski definition) is 0. The van der Waals surface area contributed by atoms with Crippen molar-refractivity contribution < 1.29 is 19.0 Å². The van der Waals surface area contributed by atoms with Crippen molar-refractivity contribution >= 4 is 5.97 Å². The van der Waals surface area contributed by atoms with Crippen LogP contribution in [0.2, 0.25) is 0 Å². The molecule has 0 N–H and O–H groups in total. The minimum Gasteiger partial charge on any atom is -0.485 e. The number of nitrogens with zero attached hydrogens (tertiary/aromatic N) is 1. The van der Waals surface area contributed by atoms with Gasteiger partial charge in [-0.3, -0.25) is 0 Å². The average Bonchev–Trinajstić information content (AvgIpc) is 2.74. The van der Waals surface area contributed by atoms with E-state index in [9.17, 15) is 4.79 Å². The van der Waals surface area contributed by atoms with Gasteiger partial charge in [0.2, 0.25) is 5.88 Å². The molecular weight excluding hydrogens is 342 g/mol. The summed E-state index contributed by atoms with van der Waals surface area (Å²) in [5.74, 6) is 1.57. The molecule has 1 atom stereocenters. The van der Waals surface area contributed by atoms with E-state index in [1.54, 1.807) is 12.1 Å². The van der Waals surface area contributed by atoms with E-state index in [2.05, 4.69) is 21.9 Å². The van der Waals surface area contributed by atoms with Crippen LogP contribution in [0.4, 0.5) is 0 Å². The number of rotatable bonds is 4. The molecule has 1 unspecified atom stereocenters. The Kier molecular flexibility index (Phi) is 4.75. The van der Waals surface area contributed by atoms with Gasteiger partial charge in [-0.25, -0.2) is 9.78 Å². The van der Waals surface area contributed by atoms with Crippen molar-refractivity contribution in [3.05, 3.63) is 83.6 Å². The maximum absolute atomic E-state index is 11.5. The second-order valence-corrected chi connectivity index (χ2v) is 6.30. The minimum atomic E-state index is -0.423. The lowest BCUT2D eigenvalue weighted by Gasteiger charge is -2.26. The molecule has 0 radical (unpaired) electrons. The van der Waals surface area contributed by atoms with Gasteiger partial charge < -0.3 is 14.2 Å². The quantitative estimate of drug-likeness (QED) is 0.629. The second kappa shape index (κ2) is 7.50. The van der Waals surface area contributed by atoms with E-state index >= 15 is 0 Å². The lowest BCUT2D eigenvalue weighted by molar-refractivity contribution is 0.0600. The van der Waals surface area contributed by atoms with Crippen molar-refractivity contribution in [3.63, 3.8) is 0 Å². The molecule has 0 amide bonds. The Labute approximate surface area is 157 Å². The highest BCUT2D eigenvalue weighted by molar-refractivity contribution is 5.88. The summed E-state index contributed by atoms with van der Waals surface area (Å²) in [7, 11) is 1.34. The largest absolute Gasteiger partial charge is 0.485 e. The van der Waals surface area contributed by atoms with Crippen LogP contribution in [-0.2, 0) is 11.2 Å². The summed E-state index contributed by atoms with van der Waals surface area (Å²) < 4.78 is 16.6. The highest BCUT2D eigenvalue weighted by Crippen LogP contribution is 2.37. The van der Waals surface area contributed by atoms with Crippen LogP contribution in [0.1, 0.15) is 34.0 Å². The van der Waals surface area contributed by atoms with Crippen LogP contribution >= 0.6 is 0 Å². The van der Waals surface area contributed by atoms with Gasteiger partial charge in [0.05, 0.1) is 12.7 Å². The fourth-order valence-electron chi connectivity index (χ4n) is 3.13. The molecule has 4 rings (SSSR count). The molecule has 0 fully saturated rings. The molecule has 1 aromatic heterocycles. The topological polar surface area (TPSA) is 57.7 Å². The summed E-state index contributed by atoms with van der Waals surface area (Å²) in [5.41, 5.74) is 2.69. The lowest BCUT2D eigenvalue weighted by atomic mass is 9.97. The molecule has 5 nitrogen and oxygen atoms in total. The van der Waals surface area contributed by atoms with E-state index in [1.165, 1.54) is 18.9 Å². The SMILES string of the molecule is COC(=O)c1ccc(Oc2ccc3c(c2)CCC(c2ccccc2)O3)nc1. The Bertz CT molecular complexity index is 938. The van der Waals surface area contributed by atoms with Crippen molar-refractivity contribution in [1.29, 1.82) is 0 Å². The molecule has 1 aliphatic heterocycles. The molecule has 0 spiro atoms. The molecular formula is C22H19NO4. The first-order valence-corrected chi connectivity index (χ1v) is 8.79. The van der Waals surface area contributed by atoms with Crippen LogP contribution in [0.15, 0.2) is 66.9 Å². The number of aryl methyl sites for hydroxylation is 1. The Morgan fingerprint density at radius 1 is 1.11 bits per heavy atom. The Morgan fingerprint density at radius 2 is 1.96 bits per heavy atom. The first kappa shape index (κ1) is 17.1. The number of aromatic nitrogens is 1. The number of ether oxygens (including phenoxy) is 3. The van der Waals surface area contributed by atoms with Crippen molar-refractivity contribution in [2.75, 3.05) is 7.11 Å². The van der Waals surface area contributed by atoms with Gasteiger partial charge in [0.25, 0.3) is 0 Å². The predicted octanol–water partition coefficient (Wildman–Crippen LogP) is 4.73. The van der Waals surface area contributed by atoms with Crippen molar-refractivity contribution in [2.24, 2.45) is 0 Å². The maximum Gasteiger partial charge on any atom is 0.339 e. The fraction of sp³-hybridized carbons (Fsp3) is 0.182. The fourth-order valence-corrected chi connectivity index (χ4v) is 3.13. The van der Waals surface area contributed by atoms with Gasteiger partial charge in [0.15, 0.2) is 0 Å². The van der Waals surface area contributed by atoms with Crippen LogP contribution in [0, 0.1) is 0 Å². The lowest BCUT2D eigenvalue weighted by Crippen LogP contribution is -2.15. The molecule has 1 aliphatic rings. The van der Waals surface area contributed by atoms with Crippen molar-refractivity contribution in [1.82, 2.24) is 4.98 Å². The van der Waals surface area contributed by atoms with E-state index in [-0.39, 0.29) is 6.10 Å². The molecule has 0 aliphatic carbocycles. The number of methoxy groups -OCH3 is 1. The molecule has 3 aromatic rings. The first-order valence-electron chi connectivity index (χ1n) is 8.79. The van der Waals surface area contributed by atoms with Gasteiger partial charge in [0.1, 0.15) is 17.6 Å². The third-order valence-electron chi connectivity index (χ3n) is 4.53. The molecule has 27 heavy (non-hydrogen) atoms. The van der Waals surface area contributed by atoms with Gasteiger partial charge in [0, 0.05) is 12.3 Å². The number of carbonyl (C=O) groups excluding carboxylic acids is 1. The molecule has 136 valence electrons. The van der Waals surface area contributed by atoms with E-state index in [0.29, 0.717) is 17.2 Å². The number of benzene rings is 2. The van der Waals surface area contributed by atoms with E-state index < -0.39 is 5.97 Å². The number of carbonyl (C=O) groups is 1. The van der Waals surface area contributed by atoms with E-state index in [4.69, 9.17) is 9.47 Å². The van der Waals surface area contributed by atoms with E-state index in [1.807, 2.05) is 36.4 Å². The molecule has 0 bridgehead atoms. The van der Waals surface area contributed by atoms with Crippen LogP contribution in [-0.4, -0.2) is 18.1 Å². The van der Waals surface area contributed by atoms with Crippen molar-refractivity contribution in [2.45, 2.75) is 18.9 Å².